The van der Waals surface area contributed by atoms with Crippen LogP contribution in [0, 0.1) is 12.3 Å². The average Bonchev–Trinajstić information content (AvgIpc) is 2.21. The zero-order chi connectivity index (χ0) is 11.1. The molecule has 0 aliphatic rings. The van der Waals surface area contributed by atoms with Crippen molar-refractivity contribution < 1.29 is 4.74 Å². The van der Waals surface area contributed by atoms with Gasteiger partial charge < -0.3 is 10.1 Å². The molecule has 0 saturated heterocycles. The van der Waals surface area contributed by atoms with Crippen molar-refractivity contribution in [3.8, 4) is 18.1 Å². The Kier molecular flexibility index (Phi) is 5.77. The van der Waals surface area contributed by atoms with Crippen LogP contribution < -0.4 is 10.1 Å². The molecule has 0 unspecified atom stereocenters. The van der Waals surface area contributed by atoms with E-state index in [4.69, 9.17) is 11.2 Å². The summed E-state index contributed by atoms with van der Waals surface area (Å²) < 4.78 is 7.47. The lowest BCUT2D eigenvalue weighted by Gasteiger charge is -2.09. The fourth-order valence-electron chi connectivity index (χ4n) is 1.01. The van der Waals surface area contributed by atoms with Crippen molar-refractivity contribution in [2.45, 2.75) is 0 Å². The predicted octanol–water partition coefficient (Wildman–Crippen LogP) is 2.81. The molecule has 0 spiro atoms. The molecule has 15 heavy (non-hydrogen) atoms. The van der Waals surface area contributed by atoms with Crippen molar-refractivity contribution >= 4 is 31.9 Å². The Labute approximate surface area is 107 Å². The summed E-state index contributed by atoms with van der Waals surface area (Å²) in [6.45, 7) is 1.89. The van der Waals surface area contributed by atoms with Crippen molar-refractivity contribution in [1.82, 2.24) is 5.32 Å². The van der Waals surface area contributed by atoms with E-state index in [1.165, 1.54) is 0 Å². The van der Waals surface area contributed by atoms with Crippen LogP contribution in [0.4, 0.5) is 0 Å². The minimum absolute atomic E-state index is 0.570. The van der Waals surface area contributed by atoms with E-state index < -0.39 is 0 Å². The molecular weight excluding hydrogens is 322 g/mol. The minimum atomic E-state index is 0.570. The number of hydrogen-bond donors (Lipinski definition) is 1. The first-order chi connectivity index (χ1) is 7.25. The van der Waals surface area contributed by atoms with Crippen molar-refractivity contribution in [2.75, 3.05) is 19.7 Å². The van der Waals surface area contributed by atoms with Crippen LogP contribution in [0.3, 0.4) is 0 Å². The molecule has 0 saturated carbocycles. The van der Waals surface area contributed by atoms with Crippen LogP contribution in [0.5, 0.6) is 5.75 Å². The molecule has 0 aromatic heterocycles. The molecule has 0 amide bonds. The van der Waals surface area contributed by atoms with E-state index in [1.54, 1.807) is 0 Å². The van der Waals surface area contributed by atoms with Gasteiger partial charge in [0.1, 0.15) is 12.4 Å². The summed E-state index contributed by atoms with van der Waals surface area (Å²) in [4.78, 5) is 0. The van der Waals surface area contributed by atoms with Gasteiger partial charge in [-0.2, -0.15) is 0 Å². The Morgan fingerprint density at radius 2 is 2.00 bits per heavy atom. The maximum Gasteiger partial charge on any atom is 0.147 e. The number of hydrogen-bond acceptors (Lipinski definition) is 2. The normalized spacial score (nSPS) is 9.67. The highest BCUT2D eigenvalue weighted by molar-refractivity contribution is 9.11. The first kappa shape index (κ1) is 12.6. The lowest BCUT2D eigenvalue weighted by molar-refractivity contribution is 0.313. The Morgan fingerprint density at radius 3 is 2.60 bits per heavy atom. The number of rotatable bonds is 5. The quantitative estimate of drug-likeness (QED) is 0.661. The van der Waals surface area contributed by atoms with Gasteiger partial charge in [-0.1, -0.05) is 12.0 Å². The molecule has 4 heteroatoms. The van der Waals surface area contributed by atoms with Gasteiger partial charge in [0.05, 0.1) is 15.5 Å². The second kappa shape index (κ2) is 6.89. The van der Waals surface area contributed by atoms with Crippen LogP contribution in [-0.4, -0.2) is 19.7 Å². The molecule has 0 radical (unpaired) electrons. The monoisotopic (exact) mass is 331 g/mol. The van der Waals surface area contributed by atoms with E-state index in [0.717, 1.165) is 21.2 Å². The second-order valence-corrected chi connectivity index (χ2v) is 4.49. The van der Waals surface area contributed by atoms with Crippen LogP contribution >= 0.6 is 31.9 Å². The van der Waals surface area contributed by atoms with Gasteiger partial charge in [0.2, 0.25) is 0 Å². The molecule has 0 heterocycles. The van der Waals surface area contributed by atoms with Gasteiger partial charge >= 0.3 is 0 Å². The van der Waals surface area contributed by atoms with Crippen molar-refractivity contribution in [3.05, 3.63) is 27.1 Å². The highest BCUT2D eigenvalue weighted by Gasteiger charge is 2.04. The van der Waals surface area contributed by atoms with E-state index in [-0.39, 0.29) is 0 Å². The Morgan fingerprint density at radius 1 is 1.33 bits per heavy atom. The highest BCUT2D eigenvalue weighted by Crippen LogP contribution is 2.32. The molecule has 0 bridgehead atoms. The molecule has 0 aliphatic carbocycles. The Balaban J connectivity index is 2.41. The van der Waals surface area contributed by atoms with Gasteiger partial charge in [0.25, 0.3) is 0 Å². The van der Waals surface area contributed by atoms with Crippen molar-refractivity contribution in [1.29, 1.82) is 0 Å². The number of halogens is 2. The zero-order valence-electron chi connectivity index (χ0n) is 8.09. The number of benzene rings is 1. The summed E-state index contributed by atoms with van der Waals surface area (Å²) in [6, 6.07) is 5.82. The molecule has 1 aromatic carbocycles. The lowest BCUT2D eigenvalue weighted by Crippen LogP contribution is -2.21. The summed E-state index contributed by atoms with van der Waals surface area (Å²) in [5.41, 5.74) is 0. The van der Waals surface area contributed by atoms with Crippen LogP contribution in [0.2, 0.25) is 0 Å². The Bertz CT molecular complexity index is 340. The summed E-state index contributed by atoms with van der Waals surface area (Å²) in [7, 11) is 0. The number of ether oxygens (including phenoxy) is 1. The van der Waals surface area contributed by atoms with Gasteiger partial charge in [-0.05, 0) is 44.0 Å². The molecule has 1 aromatic rings. The fourth-order valence-corrected chi connectivity index (χ4v) is 2.23. The smallest absolute Gasteiger partial charge is 0.147 e. The molecule has 1 N–H and O–H groups in total. The maximum absolute atomic E-state index is 5.59. The third kappa shape index (κ3) is 4.25. The minimum Gasteiger partial charge on any atom is -0.490 e. The van der Waals surface area contributed by atoms with Gasteiger partial charge in [0, 0.05) is 6.54 Å². The first-order valence-corrected chi connectivity index (χ1v) is 6.05. The number of nitrogens with one attached hydrogen (secondary N) is 1. The molecule has 2 nitrogen and oxygen atoms in total. The van der Waals surface area contributed by atoms with Crippen LogP contribution in [0.1, 0.15) is 0 Å². The molecule has 0 fully saturated rings. The van der Waals surface area contributed by atoms with Crippen LogP contribution in [-0.2, 0) is 0 Å². The molecule has 0 atom stereocenters. The van der Waals surface area contributed by atoms with E-state index in [1.807, 2.05) is 18.2 Å². The number of terminal acetylenes is 1. The van der Waals surface area contributed by atoms with Crippen LogP contribution in [0.25, 0.3) is 0 Å². The molecule has 1 rings (SSSR count). The Hall–Kier alpha value is -0.500. The van der Waals surface area contributed by atoms with E-state index in [2.05, 4.69) is 43.1 Å². The largest absolute Gasteiger partial charge is 0.490 e. The lowest BCUT2D eigenvalue weighted by atomic mass is 10.3. The second-order valence-electron chi connectivity index (χ2n) is 2.78. The summed E-state index contributed by atoms with van der Waals surface area (Å²) in [6.07, 6.45) is 5.10. The third-order valence-electron chi connectivity index (χ3n) is 1.67. The standard InChI is InChI=1S/C11H11Br2NO/c1-2-6-14-7-8-15-11-9(12)4-3-5-10(11)13/h1,3-5,14H,6-8H2. The summed E-state index contributed by atoms with van der Waals surface area (Å²) in [5.74, 6) is 3.32. The SMILES string of the molecule is C#CCNCCOc1c(Br)cccc1Br. The number of para-hydroxylation sites is 1. The summed E-state index contributed by atoms with van der Waals surface area (Å²) >= 11 is 6.84. The topological polar surface area (TPSA) is 21.3 Å². The third-order valence-corrected chi connectivity index (χ3v) is 2.92. The van der Waals surface area contributed by atoms with Crippen molar-refractivity contribution in [2.24, 2.45) is 0 Å². The zero-order valence-corrected chi connectivity index (χ0v) is 11.3. The highest BCUT2D eigenvalue weighted by atomic mass is 79.9. The van der Waals surface area contributed by atoms with Gasteiger partial charge in [-0.25, -0.2) is 0 Å². The first-order valence-electron chi connectivity index (χ1n) is 4.46. The van der Waals surface area contributed by atoms with Gasteiger partial charge in [-0.15, -0.1) is 6.42 Å². The molecule has 80 valence electrons. The van der Waals surface area contributed by atoms with Gasteiger partial charge in [-0.3, -0.25) is 0 Å². The van der Waals surface area contributed by atoms with Crippen molar-refractivity contribution in [3.63, 3.8) is 0 Å². The molecule has 0 aliphatic heterocycles. The summed E-state index contributed by atoms with van der Waals surface area (Å²) in [5, 5.41) is 3.05. The fraction of sp³-hybridized carbons (Fsp3) is 0.273. The average molecular weight is 333 g/mol. The van der Waals surface area contributed by atoms with Gasteiger partial charge in [0.15, 0.2) is 0 Å². The van der Waals surface area contributed by atoms with Crippen LogP contribution in [0.15, 0.2) is 27.1 Å². The predicted molar refractivity (Wildman–Crippen MR) is 69.0 cm³/mol. The maximum atomic E-state index is 5.59. The van der Waals surface area contributed by atoms with E-state index in [0.29, 0.717) is 13.2 Å². The van der Waals surface area contributed by atoms with E-state index >= 15 is 0 Å². The van der Waals surface area contributed by atoms with E-state index in [9.17, 15) is 0 Å². The molecular formula is C11H11Br2NO.